The number of carbonyl (C=O) groups is 3. The SMILES string of the molecule is CO/N=C(\C(=O)N[C@@H]1C(=O)N2C(C(=O)O)=C(Cn3cn[n+]4ncccc34)CS[C@H]12)c1csc(N)n1. The van der Waals surface area contributed by atoms with Crippen molar-refractivity contribution in [3.63, 3.8) is 0 Å². The molecule has 0 aromatic carbocycles. The molecule has 3 aromatic heterocycles. The van der Waals surface area contributed by atoms with Crippen molar-refractivity contribution in [2.24, 2.45) is 5.16 Å². The first-order chi connectivity index (χ1) is 16.9. The van der Waals surface area contributed by atoms with E-state index in [0.717, 1.165) is 11.3 Å². The molecule has 0 aliphatic carbocycles. The van der Waals surface area contributed by atoms with Gasteiger partial charge in [0.05, 0.1) is 6.20 Å². The van der Waals surface area contributed by atoms with E-state index in [1.54, 1.807) is 34.6 Å². The Balaban J connectivity index is 1.37. The molecular formula is C19H18N9O5S2+. The van der Waals surface area contributed by atoms with E-state index >= 15 is 0 Å². The second-order valence-electron chi connectivity index (χ2n) is 7.44. The Hall–Kier alpha value is -4.05. The lowest BCUT2D eigenvalue weighted by atomic mass is 10.0. The van der Waals surface area contributed by atoms with Gasteiger partial charge in [-0.3, -0.25) is 14.5 Å². The molecular weight excluding hydrogens is 498 g/mol. The number of thiazole rings is 1. The van der Waals surface area contributed by atoms with Crippen molar-refractivity contribution >= 4 is 57.4 Å². The summed E-state index contributed by atoms with van der Waals surface area (Å²) in [6.07, 6.45) is 3.14. The molecule has 0 spiro atoms. The Labute approximate surface area is 205 Å². The van der Waals surface area contributed by atoms with Crippen LogP contribution in [0.2, 0.25) is 0 Å². The van der Waals surface area contributed by atoms with Crippen molar-refractivity contribution in [1.29, 1.82) is 0 Å². The van der Waals surface area contributed by atoms with E-state index in [2.05, 4.69) is 25.7 Å². The van der Waals surface area contributed by atoms with Crippen LogP contribution in [0, 0.1) is 0 Å². The van der Waals surface area contributed by atoms with Crippen LogP contribution in [-0.2, 0) is 25.8 Å². The molecule has 5 rings (SSSR count). The zero-order chi connectivity index (χ0) is 24.7. The molecule has 16 heteroatoms. The minimum absolute atomic E-state index is 0.0990. The average molecular weight is 517 g/mol. The number of amides is 2. The number of carboxylic acid groups (broad SMARTS) is 1. The van der Waals surface area contributed by atoms with E-state index in [4.69, 9.17) is 10.6 Å². The molecule has 1 saturated heterocycles. The summed E-state index contributed by atoms with van der Waals surface area (Å²) >= 11 is 2.48. The Morgan fingerprint density at radius 1 is 1.43 bits per heavy atom. The average Bonchev–Trinajstić information content (AvgIpc) is 3.46. The summed E-state index contributed by atoms with van der Waals surface area (Å²) in [6, 6.07) is 2.61. The normalized spacial score (nSPS) is 20.0. The molecule has 2 atom stereocenters. The molecule has 0 unspecified atom stereocenters. The first kappa shape index (κ1) is 22.7. The highest BCUT2D eigenvalue weighted by Crippen LogP contribution is 2.40. The predicted molar refractivity (Wildman–Crippen MR) is 123 cm³/mol. The van der Waals surface area contributed by atoms with E-state index in [-0.39, 0.29) is 28.8 Å². The summed E-state index contributed by atoms with van der Waals surface area (Å²) in [5.41, 5.74) is 6.82. The molecule has 35 heavy (non-hydrogen) atoms. The number of nitrogens with one attached hydrogen (secondary N) is 1. The Bertz CT molecular complexity index is 1410. The minimum Gasteiger partial charge on any atom is -0.477 e. The van der Waals surface area contributed by atoms with E-state index in [1.807, 2.05) is 0 Å². The molecule has 14 nitrogen and oxygen atoms in total. The maximum Gasteiger partial charge on any atom is 0.352 e. The topological polar surface area (TPSA) is 182 Å². The maximum atomic E-state index is 13.0. The van der Waals surface area contributed by atoms with Gasteiger partial charge in [-0.1, -0.05) is 10.3 Å². The van der Waals surface area contributed by atoms with E-state index in [0.29, 0.717) is 17.0 Å². The fourth-order valence-corrected chi connectivity index (χ4v) is 5.74. The van der Waals surface area contributed by atoms with Gasteiger partial charge < -0.3 is 21.0 Å². The van der Waals surface area contributed by atoms with Crippen molar-refractivity contribution in [3.8, 4) is 0 Å². The number of anilines is 1. The number of aromatic nitrogens is 5. The van der Waals surface area contributed by atoms with Gasteiger partial charge in [0.1, 0.15) is 36.5 Å². The molecule has 0 saturated carbocycles. The van der Waals surface area contributed by atoms with Gasteiger partial charge in [0.2, 0.25) is 6.33 Å². The fraction of sp³-hybridized carbons (Fsp3) is 0.263. The first-order valence-electron chi connectivity index (χ1n) is 10.1. The van der Waals surface area contributed by atoms with Gasteiger partial charge in [0, 0.05) is 27.4 Å². The summed E-state index contributed by atoms with van der Waals surface area (Å²) in [5.74, 6) is -2.10. The number of hydrogen-bond donors (Lipinski definition) is 3. The van der Waals surface area contributed by atoms with Crippen LogP contribution >= 0.6 is 23.1 Å². The van der Waals surface area contributed by atoms with Crippen molar-refractivity contribution in [2.75, 3.05) is 18.6 Å². The van der Waals surface area contributed by atoms with E-state index in [9.17, 15) is 19.5 Å². The zero-order valence-electron chi connectivity index (χ0n) is 18.1. The molecule has 2 aliphatic heterocycles. The second kappa shape index (κ2) is 8.95. The van der Waals surface area contributed by atoms with Crippen LogP contribution in [0.3, 0.4) is 0 Å². The number of nitrogens with two attached hydrogens (primary N) is 1. The molecule has 3 aromatic rings. The van der Waals surface area contributed by atoms with Gasteiger partial charge in [0.25, 0.3) is 11.8 Å². The molecule has 5 heterocycles. The molecule has 2 amide bonds. The third kappa shape index (κ3) is 3.95. The van der Waals surface area contributed by atoms with Crippen LogP contribution in [0.25, 0.3) is 5.65 Å². The third-order valence-electron chi connectivity index (χ3n) is 5.37. The first-order valence-corrected chi connectivity index (χ1v) is 12.0. The number of carbonyl (C=O) groups excluding carboxylic acids is 2. The van der Waals surface area contributed by atoms with Crippen LogP contribution in [0.4, 0.5) is 5.13 Å². The van der Waals surface area contributed by atoms with Crippen LogP contribution in [0.1, 0.15) is 5.69 Å². The lowest BCUT2D eigenvalue weighted by Crippen LogP contribution is -2.71. The Morgan fingerprint density at radius 3 is 2.97 bits per heavy atom. The summed E-state index contributed by atoms with van der Waals surface area (Å²) in [4.78, 5) is 48.0. The van der Waals surface area contributed by atoms with Crippen LogP contribution in [0.5, 0.6) is 0 Å². The molecule has 2 aliphatic rings. The smallest absolute Gasteiger partial charge is 0.352 e. The lowest BCUT2D eigenvalue weighted by Gasteiger charge is -2.49. The lowest BCUT2D eigenvalue weighted by molar-refractivity contribution is -0.641. The standard InChI is InChI=1S/C19H17N9O5S2/c1-33-25-12(10-7-35-19(20)23-10)15(29)24-13-16(30)27-14(18(31)32)9(6-34-17(13)27)5-26-8-22-28-11(26)3-2-4-21-28/h2-4,7-8,13,17H,5-6H2,1H3,(H3-,20,23,24,29,31,32)/p+1/b25-12-/t13-,17-/m1/s1. The van der Waals surface area contributed by atoms with Gasteiger partial charge in [-0.15, -0.1) is 23.1 Å². The molecule has 1 fully saturated rings. The molecule has 0 radical (unpaired) electrons. The van der Waals surface area contributed by atoms with E-state index < -0.39 is 29.2 Å². The van der Waals surface area contributed by atoms with Crippen LogP contribution < -0.4 is 15.7 Å². The maximum absolute atomic E-state index is 13.0. The van der Waals surface area contributed by atoms with Gasteiger partial charge in [-0.25, -0.2) is 14.3 Å². The zero-order valence-corrected chi connectivity index (χ0v) is 19.7. The number of oxime groups is 1. The highest BCUT2D eigenvalue weighted by atomic mass is 32.2. The number of nitrogen functional groups attached to an aromatic ring is 1. The molecule has 0 bridgehead atoms. The number of carboxylic acids is 1. The third-order valence-corrected chi connectivity index (χ3v) is 7.38. The fourth-order valence-electron chi connectivity index (χ4n) is 3.86. The number of hydrogen-bond acceptors (Lipinski definition) is 11. The summed E-state index contributed by atoms with van der Waals surface area (Å²) in [7, 11) is 1.28. The number of fused-ring (bicyclic) bond motifs is 2. The quantitative estimate of drug-likeness (QED) is 0.150. The number of aliphatic carboxylic acids is 1. The largest absolute Gasteiger partial charge is 0.477 e. The van der Waals surface area contributed by atoms with Crippen molar-refractivity contribution in [3.05, 3.63) is 47.0 Å². The van der Waals surface area contributed by atoms with Gasteiger partial charge in [-0.2, -0.15) is 0 Å². The number of thioether (sulfide) groups is 1. The van der Waals surface area contributed by atoms with Crippen LogP contribution in [0.15, 0.2) is 46.5 Å². The highest BCUT2D eigenvalue weighted by Gasteiger charge is 2.54. The van der Waals surface area contributed by atoms with Crippen molar-refractivity contribution < 1.29 is 29.0 Å². The van der Waals surface area contributed by atoms with Crippen molar-refractivity contribution in [1.82, 2.24) is 30.0 Å². The molecule has 4 N–H and O–H groups in total. The Kier molecular flexibility index (Phi) is 5.81. The second-order valence-corrected chi connectivity index (χ2v) is 9.44. The summed E-state index contributed by atoms with van der Waals surface area (Å²) in [6.45, 7) is 0.216. The highest BCUT2D eigenvalue weighted by molar-refractivity contribution is 8.00. The van der Waals surface area contributed by atoms with Crippen molar-refractivity contribution in [2.45, 2.75) is 18.0 Å². The van der Waals surface area contributed by atoms with Gasteiger partial charge >= 0.3 is 11.6 Å². The summed E-state index contributed by atoms with van der Waals surface area (Å²) in [5, 5.41) is 25.7. The van der Waals surface area contributed by atoms with Gasteiger partial charge in [-0.05, 0) is 11.2 Å². The number of rotatable bonds is 7. The van der Waals surface area contributed by atoms with Gasteiger partial charge in [0.15, 0.2) is 10.8 Å². The number of β-lactam (4-membered cyclic amide) rings is 1. The Morgan fingerprint density at radius 2 is 2.26 bits per heavy atom. The van der Waals surface area contributed by atoms with Crippen LogP contribution in [-0.4, -0.2) is 77.5 Å². The monoisotopic (exact) mass is 516 g/mol. The molecule has 180 valence electrons. The number of nitrogens with zero attached hydrogens (tertiary/aromatic N) is 7. The minimum atomic E-state index is -1.22. The predicted octanol–water partition coefficient (Wildman–Crippen LogP) is -1.16. The van der Waals surface area contributed by atoms with E-state index in [1.165, 1.54) is 28.4 Å². The summed E-state index contributed by atoms with van der Waals surface area (Å²) < 4.78 is 3.18.